The zero-order chi connectivity index (χ0) is 17.2. The van der Waals surface area contributed by atoms with E-state index in [1.54, 1.807) is 18.4 Å². The quantitative estimate of drug-likeness (QED) is 0.436. The van der Waals surface area contributed by atoms with Crippen LogP contribution in [0, 0.1) is 0 Å². The molecular formula is C19H27N3OS. The van der Waals surface area contributed by atoms with Crippen molar-refractivity contribution in [2.24, 2.45) is 4.99 Å². The first-order valence-electron chi connectivity index (χ1n) is 8.32. The minimum Gasteiger partial charge on any atom is -0.497 e. The molecule has 24 heavy (non-hydrogen) atoms. The van der Waals surface area contributed by atoms with E-state index in [2.05, 4.69) is 51.5 Å². The summed E-state index contributed by atoms with van der Waals surface area (Å²) in [4.78, 5) is 4.29. The number of aliphatic imine (C=N–C) groups is 1. The van der Waals surface area contributed by atoms with Gasteiger partial charge >= 0.3 is 0 Å². The third kappa shape index (κ3) is 5.89. The Morgan fingerprint density at radius 2 is 2.17 bits per heavy atom. The number of ether oxygens (including phenoxy) is 1. The summed E-state index contributed by atoms with van der Waals surface area (Å²) >= 11 is 1.74. The molecule has 1 heterocycles. The SMILES string of the molecule is CN=C(NCCCc1cccc(OC)c1)NCC(C)c1ccsc1. The van der Waals surface area contributed by atoms with Crippen molar-refractivity contribution in [2.75, 3.05) is 27.2 Å². The lowest BCUT2D eigenvalue weighted by Gasteiger charge is -2.15. The highest BCUT2D eigenvalue weighted by Gasteiger charge is 2.06. The highest BCUT2D eigenvalue weighted by atomic mass is 32.1. The average Bonchev–Trinajstić information content (AvgIpc) is 3.16. The van der Waals surface area contributed by atoms with E-state index in [0.29, 0.717) is 5.92 Å². The van der Waals surface area contributed by atoms with E-state index in [0.717, 1.165) is 37.6 Å². The largest absolute Gasteiger partial charge is 0.497 e. The number of hydrogen-bond acceptors (Lipinski definition) is 3. The van der Waals surface area contributed by atoms with Gasteiger partial charge in [0.05, 0.1) is 7.11 Å². The van der Waals surface area contributed by atoms with Crippen molar-refractivity contribution in [1.29, 1.82) is 0 Å². The second kappa shape index (κ2) is 9.98. The number of aryl methyl sites for hydroxylation is 1. The summed E-state index contributed by atoms with van der Waals surface area (Å²) in [6, 6.07) is 10.4. The first-order chi connectivity index (χ1) is 11.7. The van der Waals surface area contributed by atoms with Crippen LogP contribution in [0.2, 0.25) is 0 Å². The van der Waals surface area contributed by atoms with Crippen LogP contribution < -0.4 is 15.4 Å². The van der Waals surface area contributed by atoms with Gasteiger partial charge in [0.25, 0.3) is 0 Å². The van der Waals surface area contributed by atoms with Gasteiger partial charge in [0.2, 0.25) is 0 Å². The Kier molecular flexibility index (Phi) is 7.62. The van der Waals surface area contributed by atoms with Crippen molar-refractivity contribution < 1.29 is 4.74 Å². The number of rotatable bonds is 8. The van der Waals surface area contributed by atoms with Crippen molar-refractivity contribution in [3.05, 3.63) is 52.2 Å². The van der Waals surface area contributed by atoms with E-state index < -0.39 is 0 Å². The fourth-order valence-corrected chi connectivity index (χ4v) is 3.25. The molecular weight excluding hydrogens is 318 g/mol. The zero-order valence-electron chi connectivity index (χ0n) is 14.7. The number of methoxy groups -OCH3 is 1. The topological polar surface area (TPSA) is 45.7 Å². The summed E-state index contributed by atoms with van der Waals surface area (Å²) in [5.41, 5.74) is 2.67. The highest BCUT2D eigenvalue weighted by Crippen LogP contribution is 2.17. The maximum Gasteiger partial charge on any atom is 0.190 e. The molecule has 1 aromatic carbocycles. The van der Waals surface area contributed by atoms with Crippen LogP contribution in [0.4, 0.5) is 0 Å². The van der Waals surface area contributed by atoms with E-state index >= 15 is 0 Å². The molecule has 0 bridgehead atoms. The fourth-order valence-electron chi connectivity index (χ4n) is 2.47. The van der Waals surface area contributed by atoms with Gasteiger partial charge in [0.15, 0.2) is 5.96 Å². The normalized spacial score (nSPS) is 12.7. The molecule has 0 amide bonds. The Morgan fingerprint density at radius 3 is 2.88 bits per heavy atom. The minimum absolute atomic E-state index is 0.478. The third-order valence-corrected chi connectivity index (χ3v) is 4.68. The summed E-state index contributed by atoms with van der Waals surface area (Å²) in [5, 5.41) is 11.1. The van der Waals surface area contributed by atoms with E-state index in [1.807, 2.05) is 19.2 Å². The molecule has 0 saturated heterocycles. The number of guanidine groups is 1. The Balaban J connectivity index is 1.68. The number of benzene rings is 1. The lowest BCUT2D eigenvalue weighted by molar-refractivity contribution is 0.414. The van der Waals surface area contributed by atoms with Gasteiger partial charge in [0.1, 0.15) is 5.75 Å². The molecule has 5 heteroatoms. The molecule has 0 saturated carbocycles. The molecule has 0 radical (unpaired) electrons. The van der Waals surface area contributed by atoms with Crippen molar-refractivity contribution in [1.82, 2.24) is 10.6 Å². The van der Waals surface area contributed by atoms with Crippen LogP contribution in [0.15, 0.2) is 46.1 Å². The predicted molar refractivity (Wildman–Crippen MR) is 103 cm³/mol. The first-order valence-corrected chi connectivity index (χ1v) is 9.26. The number of thiophene rings is 1. The standard InChI is InChI=1S/C19H27N3OS/c1-15(17-9-11-24-14-17)13-22-19(20-2)21-10-5-7-16-6-4-8-18(12-16)23-3/h4,6,8-9,11-12,14-15H,5,7,10,13H2,1-3H3,(H2,20,21,22). The number of hydrogen-bond donors (Lipinski definition) is 2. The lowest BCUT2D eigenvalue weighted by atomic mass is 10.1. The van der Waals surface area contributed by atoms with Gasteiger partial charge < -0.3 is 15.4 Å². The van der Waals surface area contributed by atoms with Crippen LogP contribution in [0.3, 0.4) is 0 Å². The van der Waals surface area contributed by atoms with Crippen LogP contribution in [0.25, 0.3) is 0 Å². The average molecular weight is 346 g/mol. The lowest BCUT2D eigenvalue weighted by Crippen LogP contribution is -2.39. The second-order valence-electron chi connectivity index (χ2n) is 5.79. The van der Waals surface area contributed by atoms with E-state index in [1.165, 1.54) is 11.1 Å². The molecule has 2 N–H and O–H groups in total. The van der Waals surface area contributed by atoms with Gasteiger partial charge in [-0.05, 0) is 58.8 Å². The van der Waals surface area contributed by atoms with Crippen molar-refractivity contribution >= 4 is 17.3 Å². The van der Waals surface area contributed by atoms with Crippen LogP contribution in [0.1, 0.15) is 30.4 Å². The summed E-state index contributed by atoms with van der Waals surface area (Å²) in [6.07, 6.45) is 2.07. The van der Waals surface area contributed by atoms with Crippen LogP contribution in [-0.2, 0) is 6.42 Å². The molecule has 2 rings (SSSR count). The van der Waals surface area contributed by atoms with Crippen molar-refractivity contribution in [2.45, 2.75) is 25.7 Å². The van der Waals surface area contributed by atoms with Gasteiger partial charge in [0, 0.05) is 20.1 Å². The molecule has 0 aliphatic heterocycles. The van der Waals surface area contributed by atoms with Gasteiger partial charge in [-0.3, -0.25) is 4.99 Å². The van der Waals surface area contributed by atoms with Crippen LogP contribution in [-0.4, -0.2) is 33.2 Å². The van der Waals surface area contributed by atoms with Gasteiger partial charge in [-0.2, -0.15) is 11.3 Å². The Labute approximate surface area is 149 Å². The summed E-state index contributed by atoms with van der Waals surface area (Å²) in [5.74, 6) is 2.26. The zero-order valence-corrected chi connectivity index (χ0v) is 15.5. The van der Waals surface area contributed by atoms with Gasteiger partial charge in [-0.1, -0.05) is 19.1 Å². The van der Waals surface area contributed by atoms with Crippen molar-refractivity contribution in [3.8, 4) is 5.75 Å². The first kappa shape index (κ1) is 18.3. The van der Waals surface area contributed by atoms with Crippen LogP contribution >= 0.6 is 11.3 Å². The molecule has 0 aliphatic rings. The summed E-state index contributed by atoms with van der Waals surface area (Å²) in [7, 11) is 3.51. The maximum atomic E-state index is 5.26. The molecule has 130 valence electrons. The van der Waals surface area contributed by atoms with Gasteiger partial charge in [-0.25, -0.2) is 0 Å². The van der Waals surface area contributed by atoms with Crippen molar-refractivity contribution in [3.63, 3.8) is 0 Å². The Morgan fingerprint density at radius 1 is 1.29 bits per heavy atom. The van der Waals surface area contributed by atoms with E-state index in [-0.39, 0.29) is 0 Å². The molecule has 1 unspecified atom stereocenters. The Bertz CT molecular complexity index is 625. The van der Waals surface area contributed by atoms with Gasteiger partial charge in [-0.15, -0.1) is 0 Å². The number of nitrogens with one attached hydrogen (secondary N) is 2. The maximum absolute atomic E-state index is 5.26. The molecule has 1 aromatic heterocycles. The molecule has 1 atom stereocenters. The molecule has 2 aromatic rings. The second-order valence-corrected chi connectivity index (χ2v) is 6.57. The monoisotopic (exact) mass is 345 g/mol. The molecule has 0 fully saturated rings. The molecule has 4 nitrogen and oxygen atoms in total. The van der Waals surface area contributed by atoms with Crippen LogP contribution in [0.5, 0.6) is 5.75 Å². The smallest absolute Gasteiger partial charge is 0.190 e. The Hall–Kier alpha value is -2.01. The predicted octanol–water partition coefficient (Wildman–Crippen LogP) is 3.66. The summed E-state index contributed by atoms with van der Waals surface area (Å²) < 4.78 is 5.26. The highest BCUT2D eigenvalue weighted by molar-refractivity contribution is 7.07. The van der Waals surface area contributed by atoms with E-state index in [9.17, 15) is 0 Å². The number of nitrogens with zero attached hydrogens (tertiary/aromatic N) is 1. The molecule has 0 spiro atoms. The van der Waals surface area contributed by atoms with E-state index in [4.69, 9.17) is 4.74 Å². The molecule has 0 aliphatic carbocycles. The summed E-state index contributed by atoms with van der Waals surface area (Å²) in [6.45, 7) is 4.00. The minimum atomic E-state index is 0.478. The fraction of sp³-hybridized carbons (Fsp3) is 0.421. The third-order valence-electron chi connectivity index (χ3n) is 3.98.